The number of hydrogen-bond acceptors (Lipinski definition) is 3. The average Bonchev–Trinajstić information content (AvgIpc) is 2.36. The highest BCUT2D eigenvalue weighted by atomic mass is 19.2. The first kappa shape index (κ1) is 12.4. The number of anilines is 1. The molecular weight excluding hydrogens is 243 g/mol. The molecule has 1 unspecified atom stereocenters. The number of nitrogens with two attached hydrogens (primary N) is 2. The Balaban J connectivity index is 2.50. The van der Waals surface area contributed by atoms with E-state index in [9.17, 15) is 13.2 Å². The fourth-order valence-electron chi connectivity index (χ4n) is 1.63. The van der Waals surface area contributed by atoms with E-state index < -0.39 is 23.5 Å². The summed E-state index contributed by atoms with van der Waals surface area (Å²) in [5.41, 5.74) is 11.9. The second-order valence-corrected chi connectivity index (χ2v) is 3.75. The molecule has 6 heteroatoms. The van der Waals surface area contributed by atoms with Gasteiger partial charge < -0.3 is 11.5 Å². The van der Waals surface area contributed by atoms with Crippen molar-refractivity contribution in [2.45, 2.75) is 6.04 Å². The van der Waals surface area contributed by atoms with Crippen LogP contribution in [0.4, 0.5) is 18.9 Å². The van der Waals surface area contributed by atoms with Crippen molar-refractivity contribution >= 4 is 5.69 Å². The number of hydrogen-bond donors (Lipinski definition) is 2. The molecule has 3 nitrogen and oxygen atoms in total. The van der Waals surface area contributed by atoms with Crippen molar-refractivity contribution in [3.63, 3.8) is 0 Å². The summed E-state index contributed by atoms with van der Waals surface area (Å²) in [5.74, 6) is -4.13. The van der Waals surface area contributed by atoms with Gasteiger partial charge in [-0.3, -0.25) is 4.98 Å². The van der Waals surface area contributed by atoms with Crippen molar-refractivity contribution in [3.05, 3.63) is 59.2 Å². The van der Waals surface area contributed by atoms with Crippen LogP contribution in [0.2, 0.25) is 0 Å². The average molecular weight is 253 g/mol. The zero-order chi connectivity index (χ0) is 13.3. The van der Waals surface area contributed by atoms with E-state index in [-0.39, 0.29) is 5.56 Å². The van der Waals surface area contributed by atoms with Crippen LogP contribution in [0.25, 0.3) is 0 Å². The Labute approximate surface area is 101 Å². The SMILES string of the molecule is Nc1ccncc1C(N)c1ccc(F)c(F)c1F. The summed E-state index contributed by atoms with van der Waals surface area (Å²) in [4.78, 5) is 3.81. The zero-order valence-corrected chi connectivity index (χ0v) is 9.20. The first-order valence-corrected chi connectivity index (χ1v) is 5.10. The van der Waals surface area contributed by atoms with Crippen molar-refractivity contribution in [2.75, 3.05) is 5.73 Å². The summed E-state index contributed by atoms with van der Waals surface area (Å²) >= 11 is 0. The molecule has 1 aromatic heterocycles. The van der Waals surface area contributed by atoms with Gasteiger partial charge >= 0.3 is 0 Å². The third kappa shape index (κ3) is 2.02. The van der Waals surface area contributed by atoms with Gasteiger partial charge in [-0.1, -0.05) is 6.07 Å². The second-order valence-electron chi connectivity index (χ2n) is 3.75. The molecule has 0 aliphatic rings. The molecule has 0 fully saturated rings. The summed E-state index contributed by atoms with van der Waals surface area (Å²) < 4.78 is 39.5. The van der Waals surface area contributed by atoms with Gasteiger partial charge in [0, 0.05) is 29.2 Å². The van der Waals surface area contributed by atoms with Gasteiger partial charge in [0.2, 0.25) is 0 Å². The topological polar surface area (TPSA) is 64.9 Å². The molecule has 0 aliphatic heterocycles. The number of pyridine rings is 1. The third-order valence-corrected chi connectivity index (χ3v) is 2.62. The first-order chi connectivity index (χ1) is 8.52. The summed E-state index contributed by atoms with van der Waals surface area (Å²) in [6.07, 6.45) is 2.81. The van der Waals surface area contributed by atoms with E-state index in [2.05, 4.69) is 4.98 Å². The molecule has 0 saturated carbocycles. The summed E-state index contributed by atoms with van der Waals surface area (Å²) in [5, 5.41) is 0. The van der Waals surface area contributed by atoms with E-state index in [1.165, 1.54) is 18.5 Å². The van der Waals surface area contributed by atoms with Gasteiger partial charge in [-0.2, -0.15) is 0 Å². The van der Waals surface area contributed by atoms with Crippen molar-refractivity contribution in [2.24, 2.45) is 5.73 Å². The van der Waals surface area contributed by atoms with Gasteiger partial charge in [-0.15, -0.1) is 0 Å². The fraction of sp³-hybridized carbons (Fsp3) is 0.0833. The Kier molecular flexibility index (Phi) is 3.20. The Bertz CT molecular complexity index is 587. The Morgan fingerprint density at radius 1 is 1.00 bits per heavy atom. The monoisotopic (exact) mass is 253 g/mol. The minimum absolute atomic E-state index is 0.173. The molecule has 0 spiro atoms. The quantitative estimate of drug-likeness (QED) is 0.806. The molecule has 2 rings (SSSR count). The molecule has 18 heavy (non-hydrogen) atoms. The molecule has 0 saturated heterocycles. The smallest absolute Gasteiger partial charge is 0.194 e. The predicted molar refractivity (Wildman–Crippen MR) is 61.0 cm³/mol. The van der Waals surface area contributed by atoms with Crippen LogP contribution in [0.5, 0.6) is 0 Å². The van der Waals surface area contributed by atoms with Crippen LogP contribution in [0.1, 0.15) is 17.2 Å². The molecule has 1 heterocycles. The summed E-state index contributed by atoms with van der Waals surface area (Å²) in [7, 11) is 0. The van der Waals surface area contributed by atoms with Crippen LogP contribution in [0, 0.1) is 17.5 Å². The van der Waals surface area contributed by atoms with E-state index >= 15 is 0 Å². The van der Waals surface area contributed by atoms with Crippen molar-refractivity contribution in [1.29, 1.82) is 0 Å². The molecule has 0 radical (unpaired) electrons. The normalized spacial score (nSPS) is 12.4. The lowest BCUT2D eigenvalue weighted by atomic mass is 9.99. The van der Waals surface area contributed by atoms with Crippen LogP contribution in [-0.2, 0) is 0 Å². The number of halogens is 3. The minimum Gasteiger partial charge on any atom is -0.398 e. The maximum atomic E-state index is 13.6. The van der Waals surface area contributed by atoms with Crippen LogP contribution in [0.15, 0.2) is 30.6 Å². The number of nitrogen functional groups attached to an aromatic ring is 1. The lowest BCUT2D eigenvalue weighted by molar-refractivity contribution is 0.438. The largest absolute Gasteiger partial charge is 0.398 e. The highest BCUT2D eigenvalue weighted by Gasteiger charge is 2.20. The lowest BCUT2D eigenvalue weighted by Crippen LogP contribution is -2.16. The second kappa shape index (κ2) is 4.66. The molecule has 2 aromatic rings. The molecule has 94 valence electrons. The van der Waals surface area contributed by atoms with E-state index in [1.807, 2.05) is 0 Å². The van der Waals surface area contributed by atoms with Crippen LogP contribution in [-0.4, -0.2) is 4.98 Å². The van der Waals surface area contributed by atoms with Crippen molar-refractivity contribution < 1.29 is 13.2 Å². The van der Waals surface area contributed by atoms with Gasteiger partial charge in [0.1, 0.15) is 0 Å². The van der Waals surface area contributed by atoms with Crippen LogP contribution < -0.4 is 11.5 Å². The molecular formula is C12H10F3N3. The standard InChI is InChI=1S/C12H10F3N3/c13-8-2-1-6(10(14)11(8)15)12(17)7-5-18-4-3-9(7)16/h1-5,12H,17H2,(H2,16,18). The number of nitrogens with zero attached hydrogens (tertiary/aromatic N) is 1. The van der Waals surface area contributed by atoms with Gasteiger partial charge in [-0.05, 0) is 12.1 Å². The van der Waals surface area contributed by atoms with E-state index in [0.29, 0.717) is 11.3 Å². The minimum atomic E-state index is -1.55. The highest BCUT2D eigenvalue weighted by molar-refractivity contribution is 5.49. The molecule has 1 atom stereocenters. The molecule has 0 aliphatic carbocycles. The maximum absolute atomic E-state index is 13.6. The fourth-order valence-corrected chi connectivity index (χ4v) is 1.63. The number of rotatable bonds is 2. The van der Waals surface area contributed by atoms with Gasteiger partial charge in [0.15, 0.2) is 17.5 Å². The molecule has 1 aromatic carbocycles. The Morgan fingerprint density at radius 2 is 1.72 bits per heavy atom. The first-order valence-electron chi connectivity index (χ1n) is 5.10. The molecule has 0 bridgehead atoms. The van der Waals surface area contributed by atoms with Crippen molar-refractivity contribution in [3.8, 4) is 0 Å². The highest BCUT2D eigenvalue weighted by Crippen LogP contribution is 2.27. The van der Waals surface area contributed by atoms with E-state index in [4.69, 9.17) is 11.5 Å². The van der Waals surface area contributed by atoms with Crippen molar-refractivity contribution in [1.82, 2.24) is 4.98 Å². The Morgan fingerprint density at radius 3 is 2.39 bits per heavy atom. The van der Waals surface area contributed by atoms with Crippen LogP contribution >= 0.6 is 0 Å². The summed E-state index contributed by atoms with van der Waals surface area (Å²) in [6.45, 7) is 0. The van der Waals surface area contributed by atoms with Gasteiger partial charge in [-0.25, -0.2) is 13.2 Å². The van der Waals surface area contributed by atoms with E-state index in [1.54, 1.807) is 0 Å². The predicted octanol–water partition coefficient (Wildman–Crippen LogP) is 2.13. The molecule has 4 N–H and O–H groups in total. The lowest BCUT2D eigenvalue weighted by Gasteiger charge is -2.15. The maximum Gasteiger partial charge on any atom is 0.194 e. The van der Waals surface area contributed by atoms with Gasteiger partial charge in [0.25, 0.3) is 0 Å². The van der Waals surface area contributed by atoms with E-state index in [0.717, 1.165) is 12.1 Å². The molecule has 0 amide bonds. The zero-order valence-electron chi connectivity index (χ0n) is 9.20. The van der Waals surface area contributed by atoms with Crippen LogP contribution in [0.3, 0.4) is 0 Å². The number of aromatic nitrogens is 1. The third-order valence-electron chi connectivity index (χ3n) is 2.62. The Hall–Kier alpha value is -2.08. The van der Waals surface area contributed by atoms with Gasteiger partial charge in [0.05, 0.1) is 6.04 Å². The summed E-state index contributed by atoms with van der Waals surface area (Å²) in [6, 6.07) is 2.40. The number of benzene rings is 1.